The molecule has 2 amide bonds. The van der Waals surface area contributed by atoms with Crippen LogP contribution in [-0.2, 0) is 0 Å². The van der Waals surface area contributed by atoms with Crippen LogP contribution in [-0.4, -0.2) is 45.0 Å². The smallest absolute Gasteiger partial charge is 0.316 e. The molecule has 0 radical (unpaired) electrons. The van der Waals surface area contributed by atoms with Crippen molar-refractivity contribution in [2.75, 3.05) is 13.1 Å². The van der Waals surface area contributed by atoms with Crippen LogP contribution in [0.25, 0.3) is 11.4 Å². The van der Waals surface area contributed by atoms with Crippen molar-refractivity contribution in [2.45, 2.75) is 0 Å². The summed E-state index contributed by atoms with van der Waals surface area (Å²) in [6.07, 6.45) is 4.24. The third kappa shape index (κ3) is 4.39. The molecule has 0 aliphatic carbocycles. The minimum Gasteiger partial charge on any atom is -0.349 e. The van der Waals surface area contributed by atoms with Crippen molar-refractivity contribution in [1.29, 1.82) is 0 Å². The average Bonchev–Trinajstić information content (AvgIpc) is 3.16. The maximum atomic E-state index is 12.0. The van der Waals surface area contributed by atoms with Crippen LogP contribution in [0, 0.1) is 0 Å². The van der Waals surface area contributed by atoms with E-state index in [-0.39, 0.29) is 36.4 Å². The summed E-state index contributed by atoms with van der Waals surface area (Å²) < 4.78 is 4.95. The topological polar surface area (TPSA) is 123 Å². The van der Waals surface area contributed by atoms with E-state index in [9.17, 15) is 9.59 Å². The van der Waals surface area contributed by atoms with Gasteiger partial charge in [-0.25, -0.2) is 4.98 Å². The monoisotopic (exact) mass is 372 g/mol. The van der Waals surface area contributed by atoms with Gasteiger partial charge < -0.3 is 15.2 Å². The summed E-state index contributed by atoms with van der Waals surface area (Å²) in [7, 11) is 0. The zero-order valence-electron chi connectivity index (χ0n) is 13.3. The van der Waals surface area contributed by atoms with Gasteiger partial charge in [-0.2, -0.15) is 4.98 Å². The number of amides is 2. The molecule has 3 rings (SSSR count). The Labute approximate surface area is 152 Å². The summed E-state index contributed by atoms with van der Waals surface area (Å²) in [6.45, 7) is 0.392. The maximum Gasteiger partial charge on any atom is 0.316 e. The highest BCUT2D eigenvalue weighted by molar-refractivity contribution is 6.30. The number of hydrogen-bond donors (Lipinski definition) is 2. The van der Waals surface area contributed by atoms with Crippen LogP contribution < -0.4 is 10.6 Å². The molecule has 0 fully saturated rings. The number of carbonyl (C=O) groups is 2. The molecule has 0 aliphatic heterocycles. The van der Waals surface area contributed by atoms with Crippen LogP contribution in [0.3, 0.4) is 0 Å². The highest BCUT2D eigenvalue weighted by Gasteiger charge is 2.16. The number of hydrogen-bond acceptors (Lipinski definition) is 7. The van der Waals surface area contributed by atoms with Crippen molar-refractivity contribution in [2.24, 2.45) is 0 Å². The fourth-order valence-corrected chi connectivity index (χ4v) is 2.09. The Hall–Kier alpha value is -3.33. The quantitative estimate of drug-likeness (QED) is 0.626. The van der Waals surface area contributed by atoms with Crippen LogP contribution in [0.5, 0.6) is 0 Å². The molecular formula is C16H13ClN6O3. The molecule has 2 N–H and O–H groups in total. The van der Waals surface area contributed by atoms with Crippen molar-refractivity contribution in [3.8, 4) is 11.4 Å². The highest BCUT2D eigenvalue weighted by Crippen LogP contribution is 2.18. The second kappa shape index (κ2) is 8.17. The molecule has 0 saturated heterocycles. The zero-order chi connectivity index (χ0) is 18.4. The van der Waals surface area contributed by atoms with Crippen molar-refractivity contribution in [3.63, 3.8) is 0 Å². The van der Waals surface area contributed by atoms with E-state index >= 15 is 0 Å². The second-order valence-electron chi connectivity index (χ2n) is 5.03. The largest absolute Gasteiger partial charge is 0.349 e. The number of carbonyl (C=O) groups excluding carboxylic acids is 2. The summed E-state index contributed by atoms with van der Waals surface area (Å²) in [5, 5.41) is 9.52. The van der Waals surface area contributed by atoms with Gasteiger partial charge in [0.05, 0.1) is 6.20 Å². The summed E-state index contributed by atoms with van der Waals surface area (Å²) in [5.74, 6) is -0.806. The van der Waals surface area contributed by atoms with Crippen molar-refractivity contribution >= 4 is 23.4 Å². The standard InChI is InChI=1S/C16H13ClN6O3/c17-11-3-1-10(2-4-11)13-22-16(26-23-13)15(25)21-8-7-20-14(24)12-9-18-5-6-19-12/h1-6,9H,7-8H2,(H,20,24)(H,21,25). The lowest BCUT2D eigenvalue weighted by Crippen LogP contribution is -2.35. The normalized spacial score (nSPS) is 10.3. The SMILES string of the molecule is O=C(NCCNC(=O)c1nc(-c2ccc(Cl)cc2)no1)c1cnccn1. The Morgan fingerprint density at radius 3 is 2.46 bits per heavy atom. The van der Waals surface area contributed by atoms with Gasteiger partial charge in [0.1, 0.15) is 5.69 Å². The Morgan fingerprint density at radius 2 is 1.77 bits per heavy atom. The van der Waals surface area contributed by atoms with E-state index in [1.54, 1.807) is 24.3 Å². The van der Waals surface area contributed by atoms with Gasteiger partial charge in [-0.3, -0.25) is 14.6 Å². The zero-order valence-corrected chi connectivity index (χ0v) is 14.1. The first kappa shape index (κ1) is 17.5. The van der Waals surface area contributed by atoms with Gasteiger partial charge in [0.25, 0.3) is 5.91 Å². The van der Waals surface area contributed by atoms with E-state index < -0.39 is 5.91 Å². The molecule has 10 heteroatoms. The molecule has 2 aromatic heterocycles. The Balaban J connectivity index is 1.48. The number of rotatable bonds is 6. The molecule has 0 unspecified atom stereocenters. The van der Waals surface area contributed by atoms with E-state index in [1.165, 1.54) is 18.6 Å². The van der Waals surface area contributed by atoms with Crippen LogP contribution in [0.15, 0.2) is 47.4 Å². The van der Waals surface area contributed by atoms with Gasteiger partial charge >= 0.3 is 11.8 Å². The molecule has 26 heavy (non-hydrogen) atoms. The Bertz CT molecular complexity index is 898. The Kier molecular flexibility index (Phi) is 5.49. The molecule has 2 heterocycles. The van der Waals surface area contributed by atoms with Crippen molar-refractivity contribution < 1.29 is 14.1 Å². The molecule has 132 valence electrons. The predicted octanol–water partition coefficient (Wildman–Crippen LogP) is 1.34. The van der Waals surface area contributed by atoms with Gasteiger partial charge in [0, 0.05) is 36.1 Å². The third-order valence-electron chi connectivity index (χ3n) is 3.21. The number of nitrogens with one attached hydrogen (secondary N) is 2. The van der Waals surface area contributed by atoms with Crippen LogP contribution in [0.2, 0.25) is 5.02 Å². The van der Waals surface area contributed by atoms with E-state index in [1.807, 2.05) is 0 Å². The average molecular weight is 373 g/mol. The summed E-state index contributed by atoms with van der Waals surface area (Å²) in [4.78, 5) is 35.5. The lowest BCUT2D eigenvalue weighted by molar-refractivity contribution is 0.0897. The summed E-state index contributed by atoms with van der Waals surface area (Å²) in [6, 6.07) is 6.81. The lowest BCUT2D eigenvalue weighted by atomic mass is 10.2. The van der Waals surface area contributed by atoms with Gasteiger partial charge in [0.15, 0.2) is 0 Å². The first-order valence-electron chi connectivity index (χ1n) is 7.55. The molecule has 1 aromatic carbocycles. The van der Waals surface area contributed by atoms with Gasteiger partial charge in [0.2, 0.25) is 5.82 Å². The van der Waals surface area contributed by atoms with Crippen LogP contribution in [0.4, 0.5) is 0 Å². The van der Waals surface area contributed by atoms with Crippen LogP contribution in [0.1, 0.15) is 21.2 Å². The fraction of sp³-hybridized carbons (Fsp3) is 0.125. The molecule has 0 atom stereocenters. The summed E-state index contributed by atoms with van der Waals surface area (Å²) in [5.41, 5.74) is 0.872. The third-order valence-corrected chi connectivity index (χ3v) is 3.47. The molecule has 9 nitrogen and oxygen atoms in total. The second-order valence-corrected chi connectivity index (χ2v) is 5.47. The minimum absolute atomic E-state index is 0.171. The summed E-state index contributed by atoms with van der Waals surface area (Å²) >= 11 is 5.82. The van der Waals surface area contributed by atoms with Gasteiger partial charge in [-0.15, -0.1) is 0 Å². The molecule has 3 aromatic rings. The first-order chi connectivity index (χ1) is 12.6. The minimum atomic E-state index is -0.536. The van der Waals surface area contributed by atoms with E-state index in [0.29, 0.717) is 10.6 Å². The van der Waals surface area contributed by atoms with E-state index in [2.05, 4.69) is 30.7 Å². The molecule has 0 bridgehead atoms. The predicted molar refractivity (Wildman–Crippen MR) is 91.4 cm³/mol. The van der Waals surface area contributed by atoms with Crippen LogP contribution >= 0.6 is 11.6 Å². The van der Waals surface area contributed by atoms with Gasteiger partial charge in [-0.1, -0.05) is 16.8 Å². The highest BCUT2D eigenvalue weighted by atomic mass is 35.5. The van der Waals surface area contributed by atoms with Crippen molar-refractivity contribution in [1.82, 2.24) is 30.7 Å². The van der Waals surface area contributed by atoms with E-state index in [4.69, 9.17) is 16.1 Å². The molecule has 0 spiro atoms. The molecule has 0 aliphatic rings. The number of benzene rings is 1. The molecule has 0 saturated carbocycles. The first-order valence-corrected chi connectivity index (χ1v) is 7.93. The molecular weight excluding hydrogens is 360 g/mol. The van der Waals surface area contributed by atoms with Crippen molar-refractivity contribution in [3.05, 3.63) is 59.5 Å². The fourth-order valence-electron chi connectivity index (χ4n) is 1.97. The van der Waals surface area contributed by atoms with Gasteiger partial charge in [-0.05, 0) is 24.3 Å². The van der Waals surface area contributed by atoms with E-state index in [0.717, 1.165) is 0 Å². The number of aromatic nitrogens is 4. The number of halogens is 1. The maximum absolute atomic E-state index is 12.0. The Morgan fingerprint density at radius 1 is 1.04 bits per heavy atom. The number of nitrogens with zero attached hydrogens (tertiary/aromatic N) is 4. The lowest BCUT2D eigenvalue weighted by Gasteiger charge is -2.04.